The van der Waals surface area contributed by atoms with E-state index < -0.39 is 0 Å². The van der Waals surface area contributed by atoms with E-state index in [1.165, 1.54) is 54.4 Å². The largest absolute Gasteiger partial charge is 0.236 e. The Morgan fingerprint density at radius 1 is 0.378 bits per heavy atom. The molecule has 174 valence electrons. The fourth-order valence-electron chi connectivity index (χ4n) is 5.05. The topological polar surface area (TPSA) is 12.9 Å². The number of aromatic nitrogens is 1. The highest BCUT2D eigenvalue weighted by Gasteiger charge is 2.13. The fourth-order valence-corrected chi connectivity index (χ4v) is 6.06. The Morgan fingerprint density at radius 2 is 0.865 bits per heavy atom. The molecule has 37 heavy (non-hydrogen) atoms. The summed E-state index contributed by atoms with van der Waals surface area (Å²) in [5.41, 5.74) is 9.63. The van der Waals surface area contributed by atoms with Crippen molar-refractivity contribution >= 4 is 32.3 Å². The lowest BCUT2D eigenvalue weighted by molar-refractivity contribution is 1.49. The molecule has 0 amide bonds. The molecule has 0 aliphatic carbocycles. The predicted molar refractivity (Wildman–Crippen MR) is 159 cm³/mol. The Morgan fingerprint density at radius 3 is 1.51 bits per heavy atom. The van der Waals surface area contributed by atoms with Crippen molar-refractivity contribution in [1.29, 1.82) is 0 Å². The molecule has 0 spiro atoms. The highest BCUT2D eigenvalue weighted by molar-refractivity contribution is 7.21. The Balaban J connectivity index is 1.24. The number of thiazole rings is 1. The monoisotopic (exact) mass is 489 g/mol. The van der Waals surface area contributed by atoms with Crippen molar-refractivity contribution < 1.29 is 0 Å². The molecule has 0 atom stereocenters. The van der Waals surface area contributed by atoms with E-state index in [1.54, 1.807) is 11.3 Å². The van der Waals surface area contributed by atoms with Crippen LogP contribution in [-0.2, 0) is 0 Å². The van der Waals surface area contributed by atoms with Gasteiger partial charge in [-0.15, -0.1) is 11.3 Å². The third-order valence-electron chi connectivity index (χ3n) is 6.97. The van der Waals surface area contributed by atoms with E-state index >= 15 is 0 Å². The molecule has 1 aromatic heterocycles. The van der Waals surface area contributed by atoms with Gasteiger partial charge in [0, 0.05) is 5.56 Å². The molecule has 7 aromatic rings. The van der Waals surface area contributed by atoms with Crippen molar-refractivity contribution in [3.63, 3.8) is 0 Å². The van der Waals surface area contributed by atoms with Crippen molar-refractivity contribution in [2.75, 3.05) is 0 Å². The summed E-state index contributed by atoms with van der Waals surface area (Å²) in [6.45, 7) is 0. The van der Waals surface area contributed by atoms with Crippen LogP contribution in [0, 0.1) is 0 Å². The number of fused-ring (bicyclic) bond motifs is 2. The lowest BCUT2D eigenvalue weighted by Crippen LogP contribution is -1.86. The lowest BCUT2D eigenvalue weighted by atomic mass is 9.93. The van der Waals surface area contributed by atoms with E-state index in [0.717, 1.165) is 10.5 Å². The van der Waals surface area contributed by atoms with Gasteiger partial charge in [-0.3, -0.25) is 0 Å². The van der Waals surface area contributed by atoms with E-state index in [1.807, 2.05) is 6.07 Å². The second-order valence-electron chi connectivity index (χ2n) is 9.21. The van der Waals surface area contributed by atoms with Crippen LogP contribution in [-0.4, -0.2) is 4.98 Å². The van der Waals surface area contributed by atoms with Crippen LogP contribution in [0.15, 0.2) is 140 Å². The molecule has 0 aliphatic rings. The van der Waals surface area contributed by atoms with Gasteiger partial charge in [-0.2, -0.15) is 0 Å². The molecule has 0 fully saturated rings. The Hall–Kier alpha value is -4.53. The van der Waals surface area contributed by atoms with Crippen LogP contribution >= 0.6 is 11.3 Å². The number of hydrogen-bond acceptors (Lipinski definition) is 2. The van der Waals surface area contributed by atoms with Crippen LogP contribution in [0.4, 0.5) is 0 Å². The minimum atomic E-state index is 1.06. The molecule has 0 bridgehead atoms. The first kappa shape index (κ1) is 21.7. The molecule has 0 saturated heterocycles. The zero-order valence-corrected chi connectivity index (χ0v) is 21.0. The SMILES string of the molecule is c1ccc(-c2ccc(-c3ccc(-c4ccc(-c5nc6ccccc6s5)c5ccccc45)cc3)cc2)cc1. The second kappa shape index (κ2) is 9.16. The lowest BCUT2D eigenvalue weighted by Gasteiger charge is -2.11. The third kappa shape index (κ3) is 4.02. The molecule has 1 nitrogen and oxygen atoms in total. The summed E-state index contributed by atoms with van der Waals surface area (Å²) in [6.07, 6.45) is 0. The third-order valence-corrected chi connectivity index (χ3v) is 8.04. The number of rotatable bonds is 4. The van der Waals surface area contributed by atoms with Gasteiger partial charge >= 0.3 is 0 Å². The van der Waals surface area contributed by atoms with Gasteiger partial charge in [-0.25, -0.2) is 4.98 Å². The average molecular weight is 490 g/mol. The van der Waals surface area contributed by atoms with Crippen molar-refractivity contribution in [2.24, 2.45) is 0 Å². The van der Waals surface area contributed by atoms with Crippen molar-refractivity contribution in [3.05, 3.63) is 140 Å². The van der Waals surface area contributed by atoms with Crippen LogP contribution in [0.5, 0.6) is 0 Å². The molecule has 0 saturated carbocycles. The summed E-state index contributed by atoms with van der Waals surface area (Å²) in [7, 11) is 0. The van der Waals surface area contributed by atoms with Crippen molar-refractivity contribution in [1.82, 2.24) is 4.98 Å². The molecule has 2 heteroatoms. The minimum absolute atomic E-state index is 1.06. The van der Waals surface area contributed by atoms with Crippen LogP contribution in [0.1, 0.15) is 0 Å². The first-order valence-corrected chi connectivity index (χ1v) is 13.3. The summed E-state index contributed by atoms with van der Waals surface area (Å²) >= 11 is 1.75. The standard InChI is InChI=1S/C35H23NS/c1-2-8-24(9-3-1)25-14-16-26(17-15-25)27-18-20-28(21-19-27)29-22-23-32(31-11-5-4-10-30(29)31)35-36-33-12-6-7-13-34(33)37-35/h1-23H. The minimum Gasteiger partial charge on any atom is -0.236 e. The quantitative estimate of drug-likeness (QED) is 0.240. The number of nitrogens with zero attached hydrogens (tertiary/aromatic N) is 1. The van der Waals surface area contributed by atoms with Gasteiger partial charge in [-0.1, -0.05) is 127 Å². The van der Waals surface area contributed by atoms with E-state index in [4.69, 9.17) is 4.98 Å². The molecule has 1 heterocycles. The second-order valence-corrected chi connectivity index (χ2v) is 10.2. The molecule has 0 radical (unpaired) electrons. The van der Waals surface area contributed by atoms with E-state index in [-0.39, 0.29) is 0 Å². The smallest absolute Gasteiger partial charge is 0.125 e. The predicted octanol–water partition coefficient (Wildman–Crippen LogP) is 10.1. The number of hydrogen-bond donors (Lipinski definition) is 0. The van der Waals surface area contributed by atoms with Crippen LogP contribution in [0.2, 0.25) is 0 Å². The maximum Gasteiger partial charge on any atom is 0.125 e. The van der Waals surface area contributed by atoms with E-state index in [2.05, 4.69) is 133 Å². The molecule has 0 aliphatic heterocycles. The van der Waals surface area contributed by atoms with Gasteiger partial charge in [0.05, 0.1) is 10.2 Å². The van der Waals surface area contributed by atoms with E-state index in [0.29, 0.717) is 0 Å². The van der Waals surface area contributed by atoms with E-state index in [9.17, 15) is 0 Å². The first-order chi connectivity index (χ1) is 18.3. The van der Waals surface area contributed by atoms with Crippen molar-refractivity contribution in [3.8, 4) is 44.0 Å². The molecule has 7 rings (SSSR count). The van der Waals surface area contributed by atoms with Crippen LogP contribution in [0.25, 0.3) is 64.9 Å². The Bertz CT molecular complexity index is 1810. The first-order valence-electron chi connectivity index (χ1n) is 12.5. The zero-order valence-electron chi connectivity index (χ0n) is 20.1. The van der Waals surface area contributed by atoms with Gasteiger partial charge in [-0.05, 0) is 56.3 Å². The summed E-state index contributed by atoms with van der Waals surface area (Å²) in [6, 6.07) is 49.7. The summed E-state index contributed by atoms with van der Waals surface area (Å²) in [4.78, 5) is 4.92. The summed E-state index contributed by atoms with van der Waals surface area (Å²) in [5, 5.41) is 3.55. The molecule has 0 unspecified atom stereocenters. The highest BCUT2D eigenvalue weighted by atomic mass is 32.1. The summed E-state index contributed by atoms with van der Waals surface area (Å²) in [5.74, 6) is 0. The van der Waals surface area contributed by atoms with Gasteiger partial charge in [0.1, 0.15) is 5.01 Å². The van der Waals surface area contributed by atoms with Crippen molar-refractivity contribution in [2.45, 2.75) is 0 Å². The summed E-state index contributed by atoms with van der Waals surface area (Å²) < 4.78 is 1.22. The fraction of sp³-hybridized carbons (Fsp3) is 0. The van der Waals surface area contributed by atoms with Crippen LogP contribution in [0.3, 0.4) is 0 Å². The van der Waals surface area contributed by atoms with Gasteiger partial charge < -0.3 is 0 Å². The molecule has 6 aromatic carbocycles. The molecular weight excluding hydrogens is 466 g/mol. The Labute approximate surface area is 220 Å². The van der Waals surface area contributed by atoms with Gasteiger partial charge in [0.2, 0.25) is 0 Å². The van der Waals surface area contributed by atoms with Gasteiger partial charge in [0.25, 0.3) is 0 Å². The maximum atomic E-state index is 4.92. The zero-order chi connectivity index (χ0) is 24.6. The average Bonchev–Trinajstić information content (AvgIpc) is 3.41. The maximum absolute atomic E-state index is 4.92. The number of para-hydroxylation sites is 1. The normalized spacial score (nSPS) is 11.2. The molecule has 0 N–H and O–H groups in total. The molecular formula is C35H23NS. The highest BCUT2D eigenvalue weighted by Crippen LogP contribution is 2.39. The Kier molecular flexibility index (Phi) is 5.38. The van der Waals surface area contributed by atoms with Crippen LogP contribution < -0.4 is 0 Å². The number of benzene rings is 6. The van der Waals surface area contributed by atoms with Gasteiger partial charge in [0.15, 0.2) is 0 Å².